The normalized spacial score (nSPS) is 22.4. The Bertz CT molecular complexity index is 599. The summed E-state index contributed by atoms with van der Waals surface area (Å²) in [5.74, 6) is -0.110. The third-order valence-electron chi connectivity index (χ3n) is 4.99. The lowest BCUT2D eigenvalue weighted by Crippen LogP contribution is -2.37. The fourth-order valence-electron chi connectivity index (χ4n) is 3.59. The van der Waals surface area contributed by atoms with Gasteiger partial charge in [0.2, 0.25) is 5.91 Å². The number of amides is 3. The van der Waals surface area contributed by atoms with Gasteiger partial charge in [-0.1, -0.05) is 55.3 Å². The van der Waals surface area contributed by atoms with Crippen molar-refractivity contribution in [3.63, 3.8) is 0 Å². The van der Waals surface area contributed by atoms with Gasteiger partial charge in [-0.25, -0.2) is 4.79 Å². The van der Waals surface area contributed by atoms with E-state index in [4.69, 9.17) is 0 Å². The van der Waals surface area contributed by atoms with Crippen LogP contribution in [0.2, 0.25) is 0 Å². The van der Waals surface area contributed by atoms with E-state index in [0.29, 0.717) is 12.6 Å². The summed E-state index contributed by atoms with van der Waals surface area (Å²) in [6, 6.07) is 10.6. The summed E-state index contributed by atoms with van der Waals surface area (Å²) in [7, 11) is 0. The van der Waals surface area contributed by atoms with Crippen LogP contribution in [0.15, 0.2) is 36.4 Å². The van der Waals surface area contributed by atoms with E-state index < -0.39 is 0 Å². The third-order valence-corrected chi connectivity index (χ3v) is 4.99. The number of carbonyl (C=O) groups is 2. The monoisotopic (exact) mass is 341 g/mol. The summed E-state index contributed by atoms with van der Waals surface area (Å²) in [6.45, 7) is 2.66. The molecule has 1 aromatic carbocycles. The molecule has 0 aromatic heterocycles. The smallest absolute Gasteiger partial charge is 0.324 e. The highest BCUT2D eigenvalue weighted by Gasteiger charge is 2.28. The molecule has 25 heavy (non-hydrogen) atoms. The van der Waals surface area contributed by atoms with Crippen LogP contribution in [-0.2, 0) is 4.79 Å². The van der Waals surface area contributed by atoms with Crippen molar-refractivity contribution in [1.29, 1.82) is 0 Å². The minimum Gasteiger partial charge on any atom is -0.329 e. The van der Waals surface area contributed by atoms with Gasteiger partial charge in [0.25, 0.3) is 0 Å². The minimum absolute atomic E-state index is 0.110. The molecule has 0 aliphatic carbocycles. The van der Waals surface area contributed by atoms with Gasteiger partial charge in [-0.2, -0.15) is 0 Å². The molecule has 1 unspecified atom stereocenters. The standard InChI is InChI=1S/C20H27N3O2/c24-19-16-21-20(25)23(19)15-7-14-22-13-6-2-5-10-18(22)12-11-17-8-3-1-4-9-17/h1,3-4,8-9,11-12,18H,2,5-7,10,13-16H2,(H,21,25)/b12-11+. The van der Waals surface area contributed by atoms with Crippen molar-refractivity contribution < 1.29 is 9.59 Å². The van der Waals surface area contributed by atoms with Gasteiger partial charge in [-0.3, -0.25) is 14.6 Å². The third kappa shape index (κ3) is 4.92. The second-order valence-electron chi connectivity index (χ2n) is 6.78. The van der Waals surface area contributed by atoms with Gasteiger partial charge >= 0.3 is 6.03 Å². The number of benzene rings is 1. The van der Waals surface area contributed by atoms with Gasteiger partial charge in [-0.05, 0) is 31.4 Å². The number of nitrogens with one attached hydrogen (secondary N) is 1. The quantitative estimate of drug-likeness (QED) is 0.810. The minimum atomic E-state index is -0.249. The second kappa shape index (κ2) is 8.81. The molecular formula is C20H27N3O2. The first-order valence-corrected chi connectivity index (χ1v) is 9.29. The summed E-state index contributed by atoms with van der Waals surface area (Å²) in [6.07, 6.45) is 10.3. The van der Waals surface area contributed by atoms with Crippen molar-refractivity contribution in [2.24, 2.45) is 0 Å². The SMILES string of the molecule is O=C1CNC(=O)N1CCCN1CCCCCC1/C=C/c1ccccc1. The van der Waals surface area contributed by atoms with Crippen LogP contribution in [0.1, 0.15) is 37.7 Å². The van der Waals surface area contributed by atoms with Crippen molar-refractivity contribution in [2.45, 2.75) is 38.1 Å². The van der Waals surface area contributed by atoms with Crippen LogP contribution in [0.3, 0.4) is 0 Å². The van der Waals surface area contributed by atoms with Crippen LogP contribution >= 0.6 is 0 Å². The second-order valence-corrected chi connectivity index (χ2v) is 6.78. The predicted molar refractivity (Wildman–Crippen MR) is 99.0 cm³/mol. The number of urea groups is 1. The average Bonchev–Trinajstić information content (AvgIpc) is 2.83. The number of hydrogen-bond donors (Lipinski definition) is 1. The molecule has 0 saturated carbocycles. The van der Waals surface area contributed by atoms with Crippen molar-refractivity contribution in [3.05, 3.63) is 42.0 Å². The predicted octanol–water partition coefficient (Wildman–Crippen LogP) is 2.89. The maximum absolute atomic E-state index is 11.7. The molecule has 2 aliphatic rings. The van der Waals surface area contributed by atoms with Gasteiger partial charge in [0.1, 0.15) is 0 Å². The van der Waals surface area contributed by atoms with E-state index in [0.717, 1.165) is 19.5 Å². The lowest BCUT2D eigenvalue weighted by atomic mass is 10.1. The van der Waals surface area contributed by atoms with E-state index >= 15 is 0 Å². The molecule has 0 spiro atoms. The number of imide groups is 1. The van der Waals surface area contributed by atoms with Crippen molar-refractivity contribution in [1.82, 2.24) is 15.1 Å². The number of hydrogen-bond acceptors (Lipinski definition) is 3. The highest BCUT2D eigenvalue weighted by atomic mass is 16.2. The Balaban J connectivity index is 1.55. The largest absolute Gasteiger partial charge is 0.329 e. The Kier molecular flexibility index (Phi) is 6.23. The summed E-state index contributed by atoms with van der Waals surface area (Å²) in [5.41, 5.74) is 1.23. The average molecular weight is 341 g/mol. The van der Waals surface area contributed by atoms with E-state index in [-0.39, 0.29) is 18.5 Å². The molecule has 2 saturated heterocycles. The summed E-state index contributed by atoms with van der Waals surface area (Å²) < 4.78 is 0. The Morgan fingerprint density at radius 2 is 1.92 bits per heavy atom. The number of carbonyl (C=O) groups excluding carboxylic acids is 2. The van der Waals surface area contributed by atoms with Gasteiger partial charge in [0, 0.05) is 19.1 Å². The van der Waals surface area contributed by atoms with Gasteiger partial charge in [0.15, 0.2) is 0 Å². The molecule has 2 heterocycles. The highest BCUT2D eigenvalue weighted by molar-refractivity contribution is 6.01. The number of nitrogens with zero attached hydrogens (tertiary/aromatic N) is 2. The summed E-state index contributed by atoms with van der Waals surface area (Å²) >= 11 is 0. The van der Waals surface area contributed by atoms with Gasteiger partial charge in [0.05, 0.1) is 6.54 Å². The molecule has 2 aliphatic heterocycles. The molecule has 0 bridgehead atoms. The molecule has 5 heteroatoms. The molecule has 2 fully saturated rings. The molecule has 3 amide bonds. The van der Waals surface area contributed by atoms with Crippen LogP contribution in [0, 0.1) is 0 Å². The van der Waals surface area contributed by atoms with E-state index in [1.54, 1.807) is 0 Å². The maximum atomic E-state index is 11.7. The van der Waals surface area contributed by atoms with E-state index in [1.807, 2.05) is 6.07 Å². The molecular weight excluding hydrogens is 314 g/mol. The summed E-state index contributed by atoms with van der Waals surface area (Å²) in [5, 5.41) is 2.58. The first-order chi connectivity index (χ1) is 12.2. The highest BCUT2D eigenvalue weighted by Crippen LogP contribution is 2.19. The zero-order valence-corrected chi connectivity index (χ0v) is 14.7. The zero-order valence-electron chi connectivity index (χ0n) is 14.7. The van der Waals surface area contributed by atoms with E-state index in [1.165, 1.54) is 36.1 Å². The Morgan fingerprint density at radius 3 is 2.68 bits per heavy atom. The van der Waals surface area contributed by atoms with Crippen molar-refractivity contribution in [2.75, 3.05) is 26.2 Å². The molecule has 5 nitrogen and oxygen atoms in total. The van der Waals surface area contributed by atoms with Crippen molar-refractivity contribution >= 4 is 18.0 Å². The lowest BCUT2D eigenvalue weighted by Gasteiger charge is -2.28. The molecule has 1 atom stereocenters. The topological polar surface area (TPSA) is 52.7 Å². The van der Waals surface area contributed by atoms with Crippen LogP contribution < -0.4 is 5.32 Å². The fraction of sp³-hybridized carbons (Fsp3) is 0.500. The molecule has 1 aromatic rings. The van der Waals surface area contributed by atoms with Crippen LogP contribution in [-0.4, -0.2) is 54.0 Å². The first-order valence-electron chi connectivity index (χ1n) is 9.29. The summed E-state index contributed by atoms with van der Waals surface area (Å²) in [4.78, 5) is 27.1. The van der Waals surface area contributed by atoms with Crippen LogP contribution in [0.5, 0.6) is 0 Å². The van der Waals surface area contributed by atoms with Crippen LogP contribution in [0.25, 0.3) is 6.08 Å². The first kappa shape index (κ1) is 17.7. The molecule has 1 N–H and O–H groups in total. The van der Waals surface area contributed by atoms with Gasteiger partial charge < -0.3 is 5.32 Å². The van der Waals surface area contributed by atoms with Crippen LogP contribution in [0.4, 0.5) is 4.79 Å². The Morgan fingerprint density at radius 1 is 1.08 bits per heavy atom. The Labute approximate surface area is 149 Å². The van der Waals surface area contributed by atoms with Gasteiger partial charge in [-0.15, -0.1) is 0 Å². The fourth-order valence-corrected chi connectivity index (χ4v) is 3.59. The lowest BCUT2D eigenvalue weighted by molar-refractivity contribution is -0.125. The molecule has 134 valence electrons. The zero-order chi connectivity index (χ0) is 17.5. The number of likely N-dealkylation sites (tertiary alicyclic amines) is 1. The van der Waals surface area contributed by atoms with E-state index in [9.17, 15) is 9.59 Å². The van der Waals surface area contributed by atoms with E-state index in [2.05, 4.69) is 46.6 Å². The maximum Gasteiger partial charge on any atom is 0.324 e. The molecule has 3 rings (SSSR count). The number of rotatable bonds is 6. The molecule has 0 radical (unpaired) electrons. The van der Waals surface area contributed by atoms with Crippen molar-refractivity contribution in [3.8, 4) is 0 Å². The Hall–Kier alpha value is -2.14.